The number of nitrogens with two attached hydrogens (primary N) is 3. The van der Waals surface area contributed by atoms with Crippen molar-refractivity contribution in [3.63, 3.8) is 0 Å². The Morgan fingerprint density at radius 3 is 2.42 bits per heavy atom. The van der Waals surface area contributed by atoms with E-state index < -0.39 is 5.91 Å². The number of hydrogen-bond acceptors (Lipinski definition) is 4. The van der Waals surface area contributed by atoms with Crippen LogP contribution in [0.2, 0.25) is 0 Å². The lowest BCUT2D eigenvalue weighted by Gasteiger charge is -1.93. The molecule has 0 saturated heterocycles. The molecule has 1 rings (SSSR count). The van der Waals surface area contributed by atoms with Gasteiger partial charge in [0.25, 0.3) is 5.91 Å². The summed E-state index contributed by atoms with van der Waals surface area (Å²) in [4.78, 5) is 16.9. The Morgan fingerprint density at radius 2 is 2.08 bits per heavy atom. The van der Waals surface area contributed by atoms with Gasteiger partial charge < -0.3 is 22.2 Å². The lowest BCUT2D eigenvalue weighted by Crippen LogP contribution is -2.19. The van der Waals surface area contributed by atoms with E-state index in [0.29, 0.717) is 0 Å². The molecule has 0 fully saturated rings. The van der Waals surface area contributed by atoms with Crippen LogP contribution in [0.3, 0.4) is 0 Å². The summed E-state index contributed by atoms with van der Waals surface area (Å²) in [5, 5.41) is 0. The van der Waals surface area contributed by atoms with Gasteiger partial charge in [0, 0.05) is 0 Å². The standard InChI is InChI=1S/C5H7N5OS/c6-3(11)1-2(4(7)12)10-5(8)9-1/h(H2,6,11)(H2,7,12)(H3,8,9,10). The van der Waals surface area contributed by atoms with Crippen LogP contribution >= 0.6 is 12.2 Å². The number of H-pyrrole nitrogens is 1. The summed E-state index contributed by atoms with van der Waals surface area (Å²) in [5.41, 5.74) is 15.7. The first-order valence-electron chi connectivity index (χ1n) is 2.97. The van der Waals surface area contributed by atoms with Crippen LogP contribution in [0.4, 0.5) is 5.95 Å². The maximum Gasteiger partial charge on any atom is 0.269 e. The van der Waals surface area contributed by atoms with E-state index in [1.165, 1.54) is 0 Å². The van der Waals surface area contributed by atoms with Crippen molar-refractivity contribution in [2.45, 2.75) is 0 Å². The van der Waals surface area contributed by atoms with Crippen LogP contribution in [0.25, 0.3) is 0 Å². The normalized spacial score (nSPS) is 9.67. The number of thiocarbonyl (C=S) groups is 1. The Hall–Kier alpha value is -1.63. The topological polar surface area (TPSA) is 124 Å². The van der Waals surface area contributed by atoms with Gasteiger partial charge in [-0.3, -0.25) is 4.79 Å². The first-order valence-corrected chi connectivity index (χ1v) is 3.38. The minimum atomic E-state index is -0.717. The van der Waals surface area contributed by atoms with Gasteiger partial charge in [0.15, 0.2) is 11.6 Å². The fourth-order valence-electron chi connectivity index (χ4n) is 0.748. The number of aromatic amines is 1. The largest absolute Gasteiger partial charge is 0.388 e. The summed E-state index contributed by atoms with van der Waals surface area (Å²) in [6.07, 6.45) is 0. The third-order valence-electron chi connectivity index (χ3n) is 1.20. The molecule has 0 aliphatic heterocycles. The van der Waals surface area contributed by atoms with Crippen LogP contribution in [0.5, 0.6) is 0 Å². The predicted octanol–water partition coefficient (Wildman–Crippen LogP) is -1.28. The maximum absolute atomic E-state index is 10.7. The average molecular weight is 185 g/mol. The van der Waals surface area contributed by atoms with Crippen LogP contribution in [-0.4, -0.2) is 20.9 Å². The van der Waals surface area contributed by atoms with Gasteiger partial charge in [-0.1, -0.05) is 12.2 Å². The highest BCUT2D eigenvalue weighted by Gasteiger charge is 2.15. The number of nitrogen functional groups attached to an aromatic ring is 1. The summed E-state index contributed by atoms with van der Waals surface area (Å²) in [6, 6.07) is 0. The molecule has 1 aromatic rings. The summed E-state index contributed by atoms with van der Waals surface area (Å²) >= 11 is 4.63. The Labute approximate surface area is 73.1 Å². The zero-order valence-corrected chi connectivity index (χ0v) is 6.81. The molecule has 0 aliphatic rings. The third kappa shape index (κ3) is 1.35. The fourth-order valence-corrected chi connectivity index (χ4v) is 0.896. The van der Waals surface area contributed by atoms with Crippen molar-refractivity contribution in [2.75, 3.05) is 5.73 Å². The number of anilines is 1. The molecule has 0 aliphatic carbocycles. The first-order chi connectivity index (χ1) is 5.52. The van der Waals surface area contributed by atoms with Gasteiger partial charge in [0.1, 0.15) is 10.7 Å². The zero-order valence-electron chi connectivity index (χ0n) is 6.00. The molecule has 1 heterocycles. The van der Waals surface area contributed by atoms with Gasteiger partial charge in [0.05, 0.1) is 0 Å². The molecule has 0 radical (unpaired) electrons. The first kappa shape index (κ1) is 8.47. The Morgan fingerprint density at radius 1 is 1.50 bits per heavy atom. The van der Waals surface area contributed by atoms with Gasteiger partial charge in [-0.2, -0.15) is 0 Å². The molecule has 0 spiro atoms. The molecule has 0 saturated carbocycles. The Balaban J connectivity index is 3.26. The van der Waals surface area contributed by atoms with Crippen molar-refractivity contribution in [3.05, 3.63) is 11.4 Å². The van der Waals surface area contributed by atoms with Crippen molar-refractivity contribution in [2.24, 2.45) is 11.5 Å². The highest BCUT2D eigenvalue weighted by atomic mass is 32.1. The van der Waals surface area contributed by atoms with E-state index in [-0.39, 0.29) is 22.3 Å². The molecule has 6 nitrogen and oxygen atoms in total. The minimum absolute atomic E-state index is 0.00741. The van der Waals surface area contributed by atoms with Gasteiger partial charge in [-0.05, 0) is 0 Å². The number of amides is 1. The van der Waals surface area contributed by atoms with E-state index in [2.05, 4.69) is 22.2 Å². The second kappa shape index (κ2) is 2.78. The van der Waals surface area contributed by atoms with Crippen molar-refractivity contribution >= 4 is 29.1 Å². The number of nitrogens with one attached hydrogen (secondary N) is 1. The molecule has 1 amide bonds. The molecule has 1 aromatic heterocycles. The van der Waals surface area contributed by atoms with Crippen molar-refractivity contribution in [1.82, 2.24) is 9.97 Å². The Bertz CT molecular complexity index is 312. The number of rotatable bonds is 2. The summed E-state index contributed by atoms with van der Waals surface area (Å²) in [5.74, 6) is -0.655. The van der Waals surface area contributed by atoms with Crippen LogP contribution in [0.1, 0.15) is 16.2 Å². The molecule has 64 valence electrons. The van der Waals surface area contributed by atoms with E-state index in [0.717, 1.165) is 0 Å². The van der Waals surface area contributed by atoms with Crippen LogP contribution in [-0.2, 0) is 0 Å². The van der Waals surface area contributed by atoms with Crippen LogP contribution in [0, 0.1) is 0 Å². The smallest absolute Gasteiger partial charge is 0.269 e. The van der Waals surface area contributed by atoms with E-state index in [1.807, 2.05) is 0 Å². The molecular weight excluding hydrogens is 178 g/mol. The molecule has 0 bridgehead atoms. The molecular formula is C5H7N5OS. The van der Waals surface area contributed by atoms with E-state index in [4.69, 9.17) is 17.2 Å². The molecule has 0 aromatic carbocycles. The third-order valence-corrected chi connectivity index (χ3v) is 1.41. The van der Waals surface area contributed by atoms with Gasteiger partial charge >= 0.3 is 0 Å². The van der Waals surface area contributed by atoms with Crippen molar-refractivity contribution < 1.29 is 4.79 Å². The van der Waals surface area contributed by atoms with E-state index >= 15 is 0 Å². The lowest BCUT2D eigenvalue weighted by atomic mass is 10.3. The van der Waals surface area contributed by atoms with Gasteiger partial charge in [0.2, 0.25) is 0 Å². The fraction of sp³-hybridized carbons (Fsp3) is 0. The monoisotopic (exact) mass is 185 g/mol. The highest BCUT2D eigenvalue weighted by Crippen LogP contribution is 2.06. The lowest BCUT2D eigenvalue weighted by molar-refractivity contribution is 0.0996. The van der Waals surface area contributed by atoms with E-state index in [1.54, 1.807) is 0 Å². The number of primary amides is 1. The summed E-state index contributed by atoms with van der Waals surface area (Å²) in [6.45, 7) is 0. The number of imidazole rings is 1. The summed E-state index contributed by atoms with van der Waals surface area (Å²) < 4.78 is 0. The number of hydrogen-bond donors (Lipinski definition) is 4. The molecule has 0 unspecified atom stereocenters. The molecule has 7 N–H and O–H groups in total. The minimum Gasteiger partial charge on any atom is -0.388 e. The van der Waals surface area contributed by atoms with Crippen LogP contribution in [0.15, 0.2) is 0 Å². The Kier molecular flexibility index (Phi) is 1.96. The highest BCUT2D eigenvalue weighted by molar-refractivity contribution is 7.80. The number of carbonyl (C=O) groups excluding carboxylic acids is 1. The number of nitrogens with zero attached hydrogens (tertiary/aromatic N) is 1. The van der Waals surface area contributed by atoms with Gasteiger partial charge in [-0.15, -0.1) is 0 Å². The van der Waals surface area contributed by atoms with Crippen LogP contribution < -0.4 is 17.2 Å². The molecule has 12 heavy (non-hydrogen) atoms. The summed E-state index contributed by atoms with van der Waals surface area (Å²) in [7, 11) is 0. The van der Waals surface area contributed by atoms with E-state index in [9.17, 15) is 4.79 Å². The predicted molar refractivity (Wildman–Crippen MR) is 47.4 cm³/mol. The van der Waals surface area contributed by atoms with Crippen molar-refractivity contribution in [1.29, 1.82) is 0 Å². The maximum atomic E-state index is 10.7. The van der Waals surface area contributed by atoms with Gasteiger partial charge in [-0.25, -0.2) is 4.98 Å². The molecule has 7 heteroatoms. The van der Waals surface area contributed by atoms with Crippen molar-refractivity contribution in [3.8, 4) is 0 Å². The quantitative estimate of drug-likeness (QED) is 0.427. The SMILES string of the molecule is NC(=O)c1nc(N)[nH]c1C(N)=S. The number of carbonyl (C=O) groups is 1. The average Bonchev–Trinajstić information content (AvgIpc) is 2.31. The second-order valence-corrected chi connectivity index (χ2v) is 2.51. The second-order valence-electron chi connectivity index (χ2n) is 2.07. The molecule has 0 atom stereocenters. The zero-order chi connectivity index (χ0) is 9.30. The number of aromatic nitrogens is 2.